The van der Waals surface area contributed by atoms with E-state index in [-0.39, 0.29) is 22.7 Å². The highest BCUT2D eigenvalue weighted by molar-refractivity contribution is 6.31. The Balaban J connectivity index is 2.15. The summed E-state index contributed by atoms with van der Waals surface area (Å²) in [4.78, 5) is 20.3. The summed E-state index contributed by atoms with van der Waals surface area (Å²) in [6.45, 7) is 3.08. The molecular weight excluding hydrogens is 270 g/mol. The number of likely N-dealkylation sites (tertiary alicyclic amines) is 1. The number of aromatic nitrogens is 2. The van der Waals surface area contributed by atoms with Crippen molar-refractivity contribution >= 4 is 23.1 Å². The van der Waals surface area contributed by atoms with Gasteiger partial charge in [-0.3, -0.25) is 10.1 Å². The Labute approximate surface area is 116 Å². The Morgan fingerprint density at radius 1 is 1.58 bits per heavy atom. The predicted octanol–water partition coefficient (Wildman–Crippen LogP) is 1.93. The molecule has 2 rings (SSSR count). The van der Waals surface area contributed by atoms with Crippen LogP contribution in [0.15, 0.2) is 6.33 Å². The van der Waals surface area contributed by atoms with Crippen LogP contribution < -0.4 is 5.32 Å². The highest BCUT2D eigenvalue weighted by Gasteiger charge is 2.27. The molecule has 1 aromatic rings. The molecule has 0 aliphatic carbocycles. The van der Waals surface area contributed by atoms with Crippen molar-refractivity contribution in [2.75, 3.05) is 18.9 Å². The van der Waals surface area contributed by atoms with Crippen LogP contribution in [-0.2, 0) is 0 Å². The zero-order chi connectivity index (χ0) is 14.0. The smallest absolute Gasteiger partial charge is 0.348 e. The molecule has 7 nitrogen and oxygen atoms in total. The van der Waals surface area contributed by atoms with Gasteiger partial charge in [-0.05, 0) is 26.8 Å². The monoisotopic (exact) mass is 285 g/mol. The number of nitro groups is 1. The molecule has 0 spiro atoms. The van der Waals surface area contributed by atoms with Gasteiger partial charge in [0.25, 0.3) is 0 Å². The van der Waals surface area contributed by atoms with E-state index in [0.29, 0.717) is 6.04 Å². The molecule has 0 aromatic carbocycles. The van der Waals surface area contributed by atoms with E-state index in [2.05, 4.69) is 34.2 Å². The molecule has 2 heterocycles. The number of hydrogen-bond donors (Lipinski definition) is 1. The summed E-state index contributed by atoms with van der Waals surface area (Å²) in [5, 5.41) is 14.0. The molecule has 1 saturated heterocycles. The summed E-state index contributed by atoms with van der Waals surface area (Å²) < 4.78 is 0. The van der Waals surface area contributed by atoms with Crippen LogP contribution in [0, 0.1) is 10.1 Å². The lowest BCUT2D eigenvalue weighted by molar-refractivity contribution is -0.384. The maximum atomic E-state index is 11.0. The molecule has 1 fully saturated rings. The lowest BCUT2D eigenvalue weighted by Gasteiger charge is -2.35. The summed E-state index contributed by atoms with van der Waals surface area (Å²) in [6.07, 6.45) is 3.06. The normalized spacial score (nSPS) is 24.2. The van der Waals surface area contributed by atoms with Gasteiger partial charge in [-0.1, -0.05) is 11.6 Å². The second kappa shape index (κ2) is 5.66. The highest BCUT2D eigenvalue weighted by atomic mass is 35.5. The van der Waals surface area contributed by atoms with Crippen molar-refractivity contribution in [3.63, 3.8) is 0 Å². The van der Waals surface area contributed by atoms with Crippen LogP contribution in [0.5, 0.6) is 0 Å². The van der Waals surface area contributed by atoms with E-state index in [0.717, 1.165) is 19.4 Å². The zero-order valence-corrected chi connectivity index (χ0v) is 11.6. The van der Waals surface area contributed by atoms with E-state index in [1.807, 2.05) is 0 Å². The number of hydrogen-bond acceptors (Lipinski definition) is 6. The minimum Gasteiger partial charge on any atom is -0.361 e. The lowest BCUT2D eigenvalue weighted by Crippen LogP contribution is -2.42. The number of nitrogens with zero attached hydrogens (tertiary/aromatic N) is 4. The van der Waals surface area contributed by atoms with Gasteiger partial charge < -0.3 is 10.2 Å². The van der Waals surface area contributed by atoms with Gasteiger partial charge in [-0.25, -0.2) is 9.97 Å². The summed E-state index contributed by atoms with van der Waals surface area (Å²) in [5.74, 6) is 0.201. The van der Waals surface area contributed by atoms with E-state index >= 15 is 0 Å². The largest absolute Gasteiger partial charge is 0.361 e. The topological polar surface area (TPSA) is 84.2 Å². The SMILES string of the molecule is CC1CC(Nc2ncnc(Cl)c2[N+](=O)[O-])CCN1C. The average molecular weight is 286 g/mol. The van der Waals surface area contributed by atoms with Crippen LogP contribution in [0.3, 0.4) is 0 Å². The first kappa shape index (κ1) is 14.0. The first-order valence-electron chi connectivity index (χ1n) is 6.10. The number of piperidine rings is 1. The van der Waals surface area contributed by atoms with Crippen molar-refractivity contribution in [1.82, 2.24) is 14.9 Å². The Morgan fingerprint density at radius 2 is 2.32 bits per heavy atom. The second-order valence-electron chi connectivity index (χ2n) is 4.81. The Kier molecular flexibility index (Phi) is 4.16. The fourth-order valence-electron chi connectivity index (χ4n) is 2.24. The molecule has 0 saturated carbocycles. The van der Waals surface area contributed by atoms with Crippen LogP contribution in [0.1, 0.15) is 19.8 Å². The van der Waals surface area contributed by atoms with Crippen molar-refractivity contribution in [3.05, 3.63) is 21.6 Å². The summed E-state index contributed by atoms with van der Waals surface area (Å²) in [7, 11) is 2.07. The number of rotatable bonds is 3. The van der Waals surface area contributed by atoms with Gasteiger partial charge in [0.05, 0.1) is 4.92 Å². The highest BCUT2D eigenvalue weighted by Crippen LogP contribution is 2.30. The number of halogens is 1. The first-order valence-corrected chi connectivity index (χ1v) is 6.48. The maximum Gasteiger partial charge on any atom is 0.348 e. The van der Waals surface area contributed by atoms with Crippen molar-refractivity contribution in [3.8, 4) is 0 Å². The van der Waals surface area contributed by atoms with Crippen LogP contribution in [0.2, 0.25) is 5.15 Å². The molecule has 1 N–H and O–H groups in total. The minimum absolute atomic E-state index is 0.136. The third-order valence-corrected chi connectivity index (χ3v) is 3.79. The average Bonchev–Trinajstić information content (AvgIpc) is 2.33. The molecule has 2 atom stereocenters. The number of nitrogens with one attached hydrogen (secondary N) is 1. The fourth-order valence-corrected chi connectivity index (χ4v) is 2.44. The van der Waals surface area contributed by atoms with Gasteiger partial charge in [-0.2, -0.15) is 0 Å². The van der Waals surface area contributed by atoms with Crippen molar-refractivity contribution < 1.29 is 4.92 Å². The molecule has 0 radical (unpaired) electrons. The summed E-state index contributed by atoms with van der Waals surface area (Å²) in [5.41, 5.74) is -0.254. The molecule has 1 aliphatic heterocycles. The van der Waals surface area contributed by atoms with Gasteiger partial charge in [0.2, 0.25) is 11.0 Å². The lowest BCUT2D eigenvalue weighted by atomic mass is 9.99. The molecule has 1 aliphatic rings. The van der Waals surface area contributed by atoms with E-state index in [1.54, 1.807) is 0 Å². The molecule has 104 valence electrons. The first-order chi connectivity index (χ1) is 8.99. The zero-order valence-electron chi connectivity index (χ0n) is 10.8. The summed E-state index contributed by atoms with van der Waals surface area (Å²) in [6, 6.07) is 0.596. The van der Waals surface area contributed by atoms with Crippen molar-refractivity contribution in [2.45, 2.75) is 31.8 Å². The molecule has 1 aromatic heterocycles. The Hall–Kier alpha value is -1.47. The van der Waals surface area contributed by atoms with Crippen LogP contribution in [0.25, 0.3) is 0 Å². The third kappa shape index (κ3) is 3.10. The molecule has 8 heteroatoms. The molecule has 0 amide bonds. The summed E-state index contributed by atoms with van der Waals surface area (Å²) >= 11 is 5.75. The van der Waals surface area contributed by atoms with E-state index in [4.69, 9.17) is 11.6 Å². The minimum atomic E-state index is -0.553. The van der Waals surface area contributed by atoms with E-state index < -0.39 is 4.92 Å². The Morgan fingerprint density at radius 3 is 2.95 bits per heavy atom. The standard InChI is InChI=1S/C11H16ClN5O2/c1-7-5-8(3-4-16(7)2)15-11-9(17(18)19)10(12)13-6-14-11/h6-8H,3-5H2,1-2H3,(H,13,14,15). The Bertz CT molecular complexity index is 484. The van der Waals surface area contributed by atoms with Gasteiger partial charge >= 0.3 is 5.69 Å². The van der Waals surface area contributed by atoms with Crippen molar-refractivity contribution in [2.24, 2.45) is 0 Å². The van der Waals surface area contributed by atoms with E-state index in [9.17, 15) is 10.1 Å². The molecule has 2 unspecified atom stereocenters. The third-order valence-electron chi connectivity index (χ3n) is 3.51. The van der Waals surface area contributed by atoms with Crippen LogP contribution in [0.4, 0.5) is 11.5 Å². The van der Waals surface area contributed by atoms with Gasteiger partial charge in [0.15, 0.2) is 0 Å². The van der Waals surface area contributed by atoms with Gasteiger partial charge in [0, 0.05) is 18.6 Å². The molecule has 19 heavy (non-hydrogen) atoms. The van der Waals surface area contributed by atoms with E-state index in [1.165, 1.54) is 6.33 Å². The molecular formula is C11H16ClN5O2. The van der Waals surface area contributed by atoms with Crippen LogP contribution >= 0.6 is 11.6 Å². The molecule has 0 bridgehead atoms. The van der Waals surface area contributed by atoms with Gasteiger partial charge in [-0.15, -0.1) is 0 Å². The maximum absolute atomic E-state index is 11.0. The number of anilines is 1. The van der Waals surface area contributed by atoms with Crippen LogP contribution in [-0.4, -0.2) is 45.5 Å². The van der Waals surface area contributed by atoms with Gasteiger partial charge in [0.1, 0.15) is 6.33 Å². The predicted molar refractivity (Wildman–Crippen MR) is 72.4 cm³/mol. The fraction of sp³-hybridized carbons (Fsp3) is 0.636. The second-order valence-corrected chi connectivity index (χ2v) is 5.17. The van der Waals surface area contributed by atoms with Crippen molar-refractivity contribution in [1.29, 1.82) is 0 Å². The quantitative estimate of drug-likeness (QED) is 0.519.